The van der Waals surface area contributed by atoms with Crippen molar-refractivity contribution in [1.82, 2.24) is 4.98 Å². The molecule has 1 unspecified atom stereocenters. The molecule has 0 radical (unpaired) electrons. The van der Waals surface area contributed by atoms with Crippen LogP contribution in [0.4, 0.5) is 4.39 Å². The summed E-state index contributed by atoms with van der Waals surface area (Å²) in [7, 11) is 0. The summed E-state index contributed by atoms with van der Waals surface area (Å²) >= 11 is 0. The first-order valence-corrected chi connectivity index (χ1v) is 5.99. The highest BCUT2D eigenvalue weighted by molar-refractivity contribution is 5.29. The summed E-state index contributed by atoms with van der Waals surface area (Å²) in [5.74, 6) is -0.220. The molecule has 1 heterocycles. The molecule has 3 heteroatoms. The number of halogens is 1. The van der Waals surface area contributed by atoms with Crippen molar-refractivity contribution >= 4 is 0 Å². The van der Waals surface area contributed by atoms with E-state index < -0.39 is 0 Å². The van der Waals surface area contributed by atoms with Crippen molar-refractivity contribution in [2.75, 3.05) is 6.54 Å². The van der Waals surface area contributed by atoms with E-state index in [4.69, 9.17) is 5.73 Å². The third-order valence-corrected chi connectivity index (χ3v) is 3.32. The highest BCUT2D eigenvalue weighted by atomic mass is 19.1. The van der Waals surface area contributed by atoms with Crippen LogP contribution in [0.15, 0.2) is 48.8 Å². The molecule has 0 aliphatic rings. The summed E-state index contributed by atoms with van der Waals surface area (Å²) in [6.45, 7) is 2.53. The molecular weight excluding hydrogens is 227 g/mol. The topological polar surface area (TPSA) is 38.9 Å². The number of hydrogen-bond acceptors (Lipinski definition) is 2. The molecule has 0 saturated carbocycles. The lowest BCUT2D eigenvalue weighted by molar-refractivity contribution is 0.476. The minimum absolute atomic E-state index is 0.220. The molecule has 0 aliphatic heterocycles. The van der Waals surface area contributed by atoms with E-state index in [1.807, 2.05) is 18.2 Å². The Labute approximate surface area is 107 Å². The first-order valence-electron chi connectivity index (χ1n) is 5.99. The van der Waals surface area contributed by atoms with Crippen LogP contribution >= 0.6 is 0 Å². The van der Waals surface area contributed by atoms with Gasteiger partial charge in [0.1, 0.15) is 5.82 Å². The maximum atomic E-state index is 13.3. The monoisotopic (exact) mass is 244 g/mol. The van der Waals surface area contributed by atoms with E-state index in [0.29, 0.717) is 6.54 Å². The van der Waals surface area contributed by atoms with Gasteiger partial charge in [0.2, 0.25) is 0 Å². The zero-order valence-electron chi connectivity index (χ0n) is 10.4. The van der Waals surface area contributed by atoms with Gasteiger partial charge in [0.25, 0.3) is 0 Å². The predicted octanol–water partition coefficient (Wildman–Crippen LogP) is 2.68. The molecule has 1 aromatic carbocycles. The summed E-state index contributed by atoms with van der Waals surface area (Å²) in [6.07, 6.45) is 4.30. The van der Waals surface area contributed by atoms with Crippen molar-refractivity contribution in [1.29, 1.82) is 0 Å². The number of pyridine rings is 1. The lowest BCUT2D eigenvalue weighted by Crippen LogP contribution is -2.34. The number of benzene rings is 1. The Balaban J connectivity index is 2.31. The second-order valence-electron chi connectivity index (χ2n) is 4.81. The second-order valence-corrected chi connectivity index (χ2v) is 4.81. The van der Waals surface area contributed by atoms with Gasteiger partial charge in [-0.25, -0.2) is 4.39 Å². The number of rotatable bonds is 4. The first kappa shape index (κ1) is 12.7. The largest absolute Gasteiger partial charge is 0.330 e. The van der Waals surface area contributed by atoms with Crippen LogP contribution in [-0.2, 0) is 11.8 Å². The molecule has 1 aromatic heterocycles. The molecule has 0 fully saturated rings. The molecule has 2 rings (SSSR count). The summed E-state index contributed by atoms with van der Waals surface area (Å²) in [5.41, 5.74) is 7.73. The fourth-order valence-electron chi connectivity index (χ4n) is 2.11. The molecule has 1 atom stereocenters. The summed E-state index contributed by atoms with van der Waals surface area (Å²) in [5, 5.41) is 0. The van der Waals surface area contributed by atoms with Crippen molar-refractivity contribution in [3.05, 3.63) is 65.7 Å². The van der Waals surface area contributed by atoms with Crippen molar-refractivity contribution in [3.8, 4) is 0 Å². The number of hydrogen-bond donors (Lipinski definition) is 1. The Morgan fingerprint density at radius 2 is 1.94 bits per heavy atom. The van der Waals surface area contributed by atoms with Gasteiger partial charge >= 0.3 is 0 Å². The van der Waals surface area contributed by atoms with Crippen LogP contribution in [0.3, 0.4) is 0 Å². The normalized spacial score (nSPS) is 14.2. The molecule has 0 aliphatic carbocycles. The van der Waals surface area contributed by atoms with Gasteiger partial charge < -0.3 is 5.73 Å². The fraction of sp³-hybridized carbons (Fsp3) is 0.267. The van der Waals surface area contributed by atoms with Crippen LogP contribution in [0, 0.1) is 5.82 Å². The molecule has 0 saturated heterocycles. The van der Waals surface area contributed by atoms with Gasteiger partial charge in [-0.3, -0.25) is 4.98 Å². The van der Waals surface area contributed by atoms with Crippen LogP contribution in [0.1, 0.15) is 18.1 Å². The van der Waals surface area contributed by atoms with Crippen LogP contribution in [0.25, 0.3) is 0 Å². The lowest BCUT2D eigenvalue weighted by Gasteiger charge is -2.29. The van der Waals surface area contributed by atoms with E-state index in [1.54, 1.807) is 24.5 Å². The van der Waals surface area contributed by atoms with E-state index in [0.717, 1.165) is 17.5 Å². The SMILES string of the molecule is CC(CN)(Cc1ccncc1)c1cccc(F)c1. The maximum absolute atomic E-state index is 13.3. The third-order valence-electron chi connectivity index (χ3n) is 3.32. The molecule has 2 nitrogen and oxygen atoms in total. The predicted molar refractivity (Wildman–Crippen MR) is 70.7 cm³/mol. The first-order chi connectivity index (χ1) is 8.64. The summed E-state index contributed by atoms with van der Waals surface area (Å²) in [6, 6.07) is 10.6. The van der Waals surface area contributed by atoms with Crippen molar-refractivity contribution in [2.45, 2.75) is 18.8 Å². The zero-order chi connectivity index (χ0) is 13.0. The third kappa shape index (κ3) is 2.74. The van der Waals surface area contributed by atoms with Crippen LogP contribution < -0.4 is 5.73 Å². The standard InChI is InChI=1S/C15H17FN2/c1-15(11-17,10-12-5-7-18-8-6-12)13-3-2-4-14(16)9-13/h2-9H,10-11,17H2,1H3. The molecule has 94 valence electrons. The smallest absolute Gasteiger partial charge is 0.123 e. The molecule has 0 spiro atoms. The molecule has 0 amide bonds. The Morgan fingerprint density at radius 1 is 1.22 bits per heavy atom. The number of nitrogens with zero attached hydrogens (tertiary/aromatic N) is 1. The highest BCUT2D eigenvalue weighted by Gasteiger charge is 2.25. The van der Waals surface area contributed by atoms with Crippen molar-refractivity contribution < 1.29 is 4.39 Å². The van der Waals surface area contributed by atoms with E-state index in [1.165, 1.54) is 6.07 Å². The Morgan fingerprint density at radius 3 is 2.56 bits per heavy atom. The summed E-state index contributed by atoms with van der Waals surface area (Å²) < 4.78 is 13.3. The van der Waals surface area contributed by atoms with Gasteiger partial charge in [0, 0.05) is 24.4 Å². The van der Waals surface area contributed by atoms with Gasteiger partial charge in [-0.2, -0.15) is 0 Å². The number of aromatic nitrogens is 1. The Kier molecular flexibility index (Phi) is 3.72. The van der Waals surface area contributed by atoms with Crippen molar-refractivity contribution in [2.24, 2.45) is 5.73 Å². The molecule has 0 bridgehead atoms. The second kappa shape index (κ2) is 5.27. The van der Waals surface area contributed by atoms with Crippen LogP contribution in [-0.4, -0.2) is 11.5 Å². The Hall–Kier alpha value is -1.74. The van der Waals surface area contributed by atoms with Gasteiger partial charge in [0.15, 0.2) is 0 Å². The van der Waals surface area contributed by atoms with Crippen LogP contribution in [0.2, 0.25) is 0 Å². The minimum atomic E-state index is -0.260. The zero-order valence-corrected chi connectivity index (χ0v) is 10.4. The van der Waals surface area contributed by atoms with Gasteiger partial charge in [-0.1, -0.05) is 19.1 Å². The lowest BCUT2D eigenvalue weighted by atomic mass is 9.77. The van der Waals surface area contributed by atoms with E-state index in [-0.39, 0.29) is 11.2 Å². The maximum Gasteiger partial charge on any atom is 0.123 e. The molecular formula is C15H17FN2. The number of nitrogens with two attached hydrogens (primary N) is 1. The molecule has 2 aromatic rings. The average Bonchev–Trinajstić information content (AvgIpc) is 2.40. The average molecular weight is 244 g/mol. The highest BCUT2D eigenvalue weighted by Crippen LogP contribution is 2.27. The van der Waals surface area contributed by atoms with Gasteiger partial charge in [-0.05, 0) is 41.8 Å². The fourth-order valence-corrected chi connectivity index (χ4v) is 2.11. The van der Waals surface area contributed by atoms with Gasteiger partial charge in [0.05, 0.1) is 0 Å². The summed E-state index contributed by atoms with van der Waals surface area (Å²) in [4.78, 5) is 4.00. The van der Waals surface area contributed by atoms with Crippen molar-refractivity contribution in [3.63, 3.8) is 0 Å². The quantitative estimate of drug-likeness (QED) is 0.898. The van der Waals surface area contributed by atoms with E-state index in [2.05, 4.69) is 11.9 Å². The minimum Gasteiger partial charge on any atom is -0.330 e. The van der Waals surface area contributed by atoms with Gasteiger partial charge in [-0.15, -0.1) is 0 Å². The van der Waals surface area contributed by atoms with E-state index in [9.17, 15) is 4.39 Å². The molecule has 18 heavy (non-hydrogen) atoms. The van der Waals surface area contributed by atoms with E-state index >= 15 is 0 Å². The molecule has 2 N–H and O–H groups in total. The van der Waals surface area contributed by atoms with Crippen LogP contribution in [0.5, 0.6) is 0 Å². The Bertz CT molecular complexity index is 513.